The van der Waals surface area contributed by atoms with Gasteiger partial charge in [0.25, 0.3) is 0 Å². The van der Waals surface area contributed by atoms with Crippen molar-refractivity contribution in [3.8, 4) is 0 Å². The number of aliphatic hydroxyl groups is 1. The summed E-state index contributed by atoms with van der Waals surface area (Å²) in [7, 11) is 0. The molecular formula is C27H42O7. The van der Waals surface area contributed by atoms with E-state index in [1.54, 1.807) is 0 Å². The van der Waals surface area contributed by atoms with Gasteiger partial charge in [0.05, 0.1) is 5.60 Å². The Labute approximate surface area is 203 Å². The Balaban J connectivity index is 1.67. The van der Waals surface area contributed by atoms with Gasteiger partial charge in [-0.3, -0.25) is 14.4 Å². The smallest absolute Gasteiger partial charge is 0.302 e. The maximum Gasteiger partial charge on any atom is 0.302 e. The number of carbonyl (C=O) groups excluding carboxylic acids is 3. The molecule has 4 saturated carbocycles. The Kier molecular flexibility index (Phi) is 6.58. The molecule has 0 radical (unpaired) electrons. The van der Waals surface area contributed by atoms with E-state index in [2.05, 4.69) is 13.8 Å². The number of hydrogen-bond acceptors (Lipinski definition) is 7. The van der Waals surface area contributed by atoms with Gasteiger partial charge < -0.3 is 19.3 Å². The first-order chi connectivity index (χ1) is 15.8. The van der Waals surface area contributed by atoms with E-state index in [-0.39, 0.29) is 53.5 Å². The van der Waals surface area contributed by atoms with Gasteiger partial charge in [0.2, 0.25) is 0 Å². The molecule has 4 fully saturated rings. The zero-order valence-electron chi connectivity index (χ0n) is 21.6. The summed E-state index contributed by atoms with van der Waals surface area (Å²) in [6.45, 7) is 10.8. The predicted molar refractivity (Wildman–Crippen MR) is 124 cm³/mol. The van der Waals surface area contributed by atoms with Gasteiger partial charge in [0.15, 0.2) is 0 Å². The monoisotopic (exact) mass is 478 g/mol. The average Bonchev–Trinajstić information content (AvgIpc) is 3.04. The first kappa shape index (κ1) is 25.5. The van der Waals surface area contributed by atoms with Crippen molar-refractivity contribution in [3.63, 3.8) is 0 Å². The van der Waals surface area contributed by atoms with Crippen molar-refractivity contribution >= 4 is 17.9 Å². The van der Waals surface area contributed by atoms with Crippen molar-refractivity contribution in [2.75, 3.05) is 0 Å². The van der Waals surface area contributed by atoms with Crippen LogP contribution in [-0.4, -0.2) is 46.9 Å². The molecule has 0 heterocycles. The standard InChI is InChI=1S/C27H42O7/c1-15(32-16(2)28)21-7-8-22-20-10-12-27(31)13-19(33-17(3)29)9-11-26(27,6)24(20)23(34-18(4)30)14-25(21,22)5/h15,19-24,31H,7-14H2,1-6H3/t15-,19-,20+,21+,22-,23-,24+,25+,26-,27+/m1/s1. The molecule has 34 heavy (non-hydrogen) atoms. The molecule has 7 heteroatoms. The van der Waals surface area contributed by atoms with Crippen LogP contribution in [0.15, 0.2) is 0 Å². The molecule has 1 N–H and O–H groups in total. The molecule has 192 valence electrons. The molecule has 4 rings (SSSR count). The Morgan fingerprint density at radius 3 is 2.18 bits per heavy atom. The zero-order valence-corrected chi connectivity index (χ0v) is 21.6. The molecule has 0 aromatic carbocycles. The van der Waals surface area contributed by atoms with E-state index in [1.165, 1.54) is 20.8 Å². The number of fused-ring (bicyclic) bond motifs is 5. The average molecular weight is 479 g/mol. The fraction of sp³-hybridized carbons (Fsp3) is 0.889. The van der Waals surface area contributed by atoms with Crippen LogP contribution in [0, 0.1) is 34.5 Å². The fourth-order valence-corrected chi connectivity index (χ4v) is 9.10. The third-order valence-electron chi connectivity index (χ3n) is 10.3. The molecule has 0 unspecified atom stereocenters. The van der Waals surface area contributed by atoms with Gasteiger partial charge >= 0.3 is 17.9 Å². The van der Waals surface area contributed by atoms with E-state index in [4.69, 9.17) is 14.2 Å². The maximum atomic E-state index is 12.2. The Morgan fingerprint density at radius 1 is 0.882 bits per heavy atom. The fourth-order valence-electron chi connectivity index (χ4n) is 9.10. The molecule has 0 aromatic rings. The van der Waals surface area contributed by atoms with Crippen LogP contribution in [0.3, 0.4) is 0 Å². The normalized spacial score (nSPS) is 46.3. The highest BCUT2D eigenvalue weighted by molar-refractivity contribution is 5.67. The Hall–Kier alpha value is -1.63. The van der Waals surface area contributed by atoms with Crippen molar-refractivity contribution in [3.05, 3.63) is 0 Å². The van der Waals surface area contributed by atoms with Crippen LogP contribution < -0.4 is 0 Å². The molecule has 7 nitrogen and oxygen atoms in total. The minimum absolute atomic E-state index is 0.0503. The lowest BCUT2D eigenvalue weighted by Gasteiger charge is -2.65. The number of rotatable bonds is 4. The van der Waals surface area contributed by atoms with Crippen LogP contribution in [0.5, 0.6) is 0 Å². The minimum Gasteiger partial charge on any atom is -0.463 e. The van der Waals surface area contributed by atoms with E-state index in [9.17, 15) is 19.5 Å². The van der Waals surface area contributed by atoms with E-state index in [0.717, 1.165) is 25.7 Å². The number of esters is 3. The summed E-state index contributed by atoms with van der Waals surface area (Å²) in [5.41, 5.74) is -1.48. The minimum atomic E-state index is -0.957. The second-order valence-corrected chi connectivity index (χ2v) is 12.1. The highest BCUT2D eigenvalue weighted by Gasteiger charge is 2.68. The van der Waals surface area contributed by atoms with Crippen LogP contribution in [-0.2, 0) is 28.6 Å². The van der Waals surface area contributed by atoms with Gasteiger partial charge in [-0.1, -0.05) is 13.8 Å². The van der Waals surface area contributed by atoms with Crippen molar-refractivity contribution < 1.29 is 33.7 Å². The molecule has 4 aliphatic carbocycles. The molecule has 4 aliphatic rings. The first-order valence-corrected chi connectivity index (χ1v) is 13.0. The molecule has 0 amide bonds. The summed E-state index contributed by atoms with van der Waals surface area (Å²) in [5, 5.41) is 12.0. The van der Waals surface area contributed by atoms with Gasteiger partial charge in [0, 0.05) is 44.4 Å². The highest BCUT2D eigenvalue weighted by atomic mass is 16.6. The van der Waals surface area contributed by atoms with E-state index < -0.39 is 11.0 Å². The quantitative estimate of drug-likeness (QED) is 0.478. The van der Waals surface area contributed by atoms with Crippen LogP contribution in [0.1, 0.15) is 92.9 Å². The van der Waals surface area contributed by atoms with Crippen LogP contribution in [0.25, 0.3) is 0 Å². The summed E-state index contributed by atoms with van der Waals surface area (Å²) >= 11 is 0. The third-order valence-corrected chi connectivity index (χ3v) is 10.3. The SMILES string of the molecule is CC(=O)O[C@@H]1CC[C@]2(C)[C@H]3[C@@H](CC[C@]2(O)C1)[C@H]1CC[C@@H]([C@@H](C)OC(C)=O)[C@]1(C)C[C@H]3OC(C)=O. The highest BCUT2D eigenvalue weighted by Crippen LogP contribution is 2.69. The van der Waals surface area contributed by atoms with Crippen LogP contribution >= 0.6 is 0 Å². The molecule has 0 saturated heterocycles. The number of hydrogen-bond donors (Lipinski definition) is 1. The lowest BCUT2D eigenvalue weighted by molar-refractivity contribution is -0.252. The molecule has 0 spiro atoms. The lowest BCUT2D eigenvalue weighted by Crippen LogP contribution is -2.67. The lowest BCUT2D eigenvalue weighted by atomic mass is 9.42. The van der Waals surface area contributed by atoms with Gasteiger partial charge in [-0.2, -0.15) is 0 Å². The molecule has 0 aliphatic heterocycles. The summed E-state index contributed by atoms with van der Waals surface area (Å²) in [5.74, 6) is 0.163. The summed E-state index contributed by atoms with van der Waals surface area (Å²) in [6, 6.07) is 0. The van der Waals surface area contributed by atoms with Gasteiger partial charge in [-0.15, -0.1) is 0 Å². The third kappa shape index (κ3) is 4.06. The summed E-state index contributed by atoms with van der Waals surface area (Å²) < 4.78 is 17.2. The zero-order chi connectivity index (χ0) is 25.1. The topological polar surface area (TPSA) is 99.1 Å². The summed E-state index contributed by atoms with van der Waals surface area (Å²) in [4.78, 5) is 35.5. The van der Waals surface area contributed by atoms with Crippen LogP contribution in [0.2, 0.25) is 0 Å². The molecule has 0 bridgehead atoms. The molecular weight excluding hydrogens is 436 g/mol. The van der Waals surface area contributed by atoms with E-state index >= 15 is 0 Å². The second-order valence-electron chi connectivity index (χ2n) is 12.1. The van der Waals surface area contributed by atoms with E-state index in [0.29, 0.717) is 37.5 Å². The summed E-state index contributed by atoms with van der Waals surface area (Å²) in [6.07, 6.45) is 5.41. The van der Waals surface area contributed by atoms with Crippen molar-refractivity contribution in [2.24, 2.45) is 34.5 Å². The van der Waals surface area contributed by atoms with E-state index in [1.807, 2.05) is 6.92 Å². The van der Waals surface area contributed by atoms with Gasteiger partial charge in [-0.05, 0) is 69.1 Å². The van der Waals surface area contributed by atoms with Gasteiger partial charge in [0.1, 0.15) is 18.3 Å². The number of ether oxygens (including phenoxy) is 3. The van der Waals surface area contributed by atoms with Crippen molar-refractivity contribution in [2.45, 2.75) is 117 Å². The van der Waals surface area contributed by atoms with Crippen molar-refractivity contribution in [1.29, 1.82) is 0 Å². The Morgan fingerprint density at radius 2 is 1.56 bits per heavy atom. The maximum absolute atomic E-state index is 12.2. The second kappa shape index (κ2) is 8.79. The Bertz CT molecular complexity index is 841. The van der Waals surface area contributed by atoms with Crippen molar-refractivity contribution in [1.82, 2.24) is 0 Å². The first-order valence-electron chi connectivity index (χ1n) is 13.0. The van der Waals surface area contributed by atoms with Crippen LogP contribution in [0.4, 0.5) is 0 Å². The molecule has 10 atom stereocenters. The van der Waals surface area contributed by atoms with Gasteiger partial charge in [-0.25, -0.2) is 0 Å². The molecule has 0 aromatic heterocycles. The predicted octanol–water partition coefficient (Wildman–Crippen LogP) is 4.19. The largest absolute Gasteiger partial charge is 0.463 e. The number of carbonyl (C=O) groups is 3.